The number of carbonyl (C=O) groups is 3. The Bertz CT molecular complexity index is 366. The van der Waals surface area contributed by atoms with Crippen LogP contribution in [0.2, 0.25) is 0 Å². The molecule has 1 aliphatic heterocycles. The van der Waals surface area contributed by atoms with E-state index >= 15 is 0 Å². The summed E-state index contributed by atoms with van der Waals surface area (Å²) in [6, 6.07) is -0.722. The number of aliphatic carboxylic acids is 1. The molecule has 0 unspecified atom stereocenters. The summed E-state index contributed by atoms with van der Waals surface area (Å²) >= 11 is 0. The largest absolute Gasteiger partial charge is 0.480 e. The third-order valence-electron chi connectivity index (χ3n) is 2.60. The maximum Gasteiger partial charge on any atom is 0.411 e. The van der Waals surface area contributed by atoms with Crippen LogP contribution in [0.5, 0.6) is 0 Å². The highest BCUT2D eigenvalue weighted by molar-refractivity contribution is 5.80. The number of likely N-dealkylation sites (tertiary alicyclic amines) is 1. The molecule has 8 heteroatoms. The van der Waals surface area contributed by atoms with E-state index in [0.717, 1.165) is 11.5 Å². The minimum Gasteiger partial charge on any atom is -0.480 e. The van der Waals surface area contributed by atoms with Gasteiger partial charge >= 0.3 is 12.1 Å². The lowest BCUT2D eigenvalue weighted by atomic mass is 10.2. The Morgan fingerprint density at radius 3 is 2.29 bits per heavy atom. The van der Waals surface area contributed by atoms with Crippen molar-refractivity contribution in [3.63, 3.8) is 0 Å². The van der Waals surface area contributed by atoms with Crippen molar-refractivity contribution < 1.29 is 29.1 Å². The molecule has 1 saturated heterocycles. The van der Waals surface area contributed by atoms with Gasteiger partial charge in [0.25, 0.3) is 0 Å². The Morgan fingerprint density at radius 1 is 1.38 bits per heavy atom. The lowest BCUT2D eigenvalue weighted by Crippen LogP contribution is -2.43. The molecule has 0 spiro atoms. The van der Waals surface area contributed by atoms with Crippen molar-refractivity contribution in [2.24, 2.45) is 0 Å². The first-order valence-electron chi connectivity index (χ1n) is 6.57. The smallest absolute Gasteiger partial charge is 0.411 e. The van der Waals surface area contributed by atoms with Crippen LogP contribution >= 0.6 is 0 Å². The average Bonchev–Trinajstić information content (AvgIpc) is 2.86. The van der Waals surface area contributed by atoms with Gasteiger partial charge in [0.15, 0.2) is 0 Å². The first-order chi connectivity index (χ1) is 9.62. The fourth-order valence-corrected chi connectivity index (χ4v) is 1.61. The summed E-state index contributed by atoms with van der Waals surface area (Å²) in [4.78, 5) is 37.6. The quantitative estimate of drug-likeness (QED) is 0.619. The van der Waals surface area contributed by atoms with E-state index in [1.165, 1.54) is 19.1 Å². The first-order valence-corrected chi connectivity index (χ1v) is 6.57. The number of carboxylic acids is 1. The monoisotopic (exact) mass is 304 g/mol. The molecular weight excluding hydrogens is 280 g/mol. The number of carboxylic acid groups (broad SMARTS) is 1. The highest BCUT2D eigenvalue weighted by Crippen LogP contribution is 2.20. The number of ether oxygens (including phenoxy) is 1. The molecule has 0 saturated carbocycles. The summed E-state index contributed by atoms with van der Waals surface area (Å²) in [5.74, 6) is -0.960. The molecule has 2 amide bonds. The van der Waals surface area contributed by atoms with Crippen LogP contribution in [-0.4, -0.2) is 65.9 Å². The normalized spacial score (nSPS) is 17.6. The molecule has 1 N–H and O–H groups in total. The fourth-order valence-electron chi connectivity index (χ4n) is 1.61. The molecule has 0 aromatic rings. The van der Waals surface area contributed by atoms with Gasteiger partial charge in [0.05, 0.1) is 7.11 Å². The Balaban J connectivity index is 0.000000567. The molecule has 8 nitrogen and oxygen atoms in total. The second kappa shape index (κ2) is 8.46. The molecule has 1 rings (SSSR count). The number of rotatable bonds is 3. The van der Waals surface area contributed by atoms with Crippen molar-refractivity contribution >= 4 is 18.5 Å². The van der Waals surface area contributed by atoms with Gasteiger partial charge in [0, 0.05) is 13.6 Å². The van der Waals surface area contributed by atoms with Crippen LogP contribution in [0.4, 0.5) is 4.79 Å². The van der Waals surface area contributed by atoms with Gasteiger partial charge in [0.1, 0.15) is 11.6 Å². The SMILES string of the molecule is CC(C)(C)OC(=O)N1CCC[C@H]1C(=O)O.CON(C)C=O. The number of amides is 2. The van der Waals surface area contributed by atoms with Crippen LogP contribution in [0.25, 0.3) is 0 Å². The van der Waals surface area contributed by atoms with Crippen LogP contribution < -0.4 is 0 Å². The number of hydrogen-bond donors (Lipinski definition) is 1. The molecule has 1 heterocycles. The summed E-state index contributed by atoms with van der Waals surface area (Å²) in [5.41, 5.74) is -0.581. The maximum atomic E-state index is 11.6. The van der Waals surface area contributed by atoms with Crippen LogP contribution in [-0.2, 0) is 19.2 Å². The van der Waals surface area contributed by atoms with Gasteiger partial charge in [-0.2, -0.15) is 0 Å². The first kappa shape index (κ1) is 19.2. The lowest BCUT2D eigenvalue weighted by molar-refractivity contribution is -0.153. The summed E-state index contributed by atoms with van der Waals surface area (Å²) in [6.45, 7) is 5.75. The van der Waals surface area contributed by atoms with E-state index in [4.69, 9.17) is 9.84 Å². The zero-order valence-corrected chi connectivity index (χ0v) is 13.2. The van der Waals surface area contributed by atoms with Gasteiger partial charge in [-0.15, -0.1) is 0 Å². The van der Waals surface area contributed by atoms with Crippen molar-refractivity contribution in [3.8, 4) is 0 Å². The molecule has 1 atom stereocenters. The summed E-state index contributed by atoms with van der Waals surface area (Å²) in [5, 5.41) is 9.95. The van der Waals surface area contributed by atoms with Gasteiger partial charge in [-0.05, 0) is 33.6 Å². The number of carbonyl (C=O) groups excluding carboxylic acids is 2. The molecule has 0 aliphatic carbocycles. The third-order valence-corrected chi connectivity index (χ3v) is 2.60. The highest BCUT2D eigenvalue weighted by atomic mass is 16.7. The van der Waals surface area contributed by atoms with Gasteiger partial charge in [-0.25, -0.2) is 14.7 Å². The maximum absolute atomic E-state index is 11.6. The number of nitrogens with zero attached hydrogens (tertiary/aromatic N) is 2. The number of hydrogen-bond acceptors (Lipinski definition) is 5. The fraction of sp³-hybridized carbons (Fsp3) is 0.769. The second-order valence-corrected chi connectivity index (χ2v) is 5.50. The minimum atomic E-state index is -0.960. The Labute approximate surface area is 124 Å². The van der Waals surface area contributed by atoms with Crippen molar-refractivity contribution in [2.45, 2.75) is 45.3 Å². The summed E-state index contributed by atoms with van der Waals surface area (Å²) in [6.07, 6.45) is 1.28. The second-order valence-electron chi connectivity index (χ2n) is 5.50. The van der Waals surface area contributed by atoms with E-state index in [1.54, 1.807) is 20.8 Å². The van der Waals surface area contributed by atoms with Gasteiger partial charge in [-0.3, -0.25) is 14.5 Å². The Morgan fingerprint density at radius 2 is 1.95 bits per heavy atom. The van der Waals surface area contributed by atoms with Crippen LogP contribution in [0, 0.1) is 0 Å². The molecule has 0 aromatic carbocycles. The van der Waals surface area contributed by atoms with Gasteiger partial charge < -0.3 is 9.84 Å². The van der Waals surface area contributed by atoms with E-state index in [1.807, 2.05) is 0 Å². The predicted octanol–water partition coefficient (Wildman–Crippen LogP) is 1.11. The summed E-state index contributed by atoms with van der Waals surface area (Å²) in [7, 11) is 2.95. The van der Waals surface area contributed by atoms with Crippen LogP contribution in [0.3, 0.4) is 0 Å². The highest BCUT2D eigenvalue weighted by Gasteiger charge is 2.36. The van der Waals surface area contributed by atoms with Gasteiger partial charge in [-0.1, -0.05) is 0 Å². The molecule has 1 aliphatic rings. The van der Waals surface area contributed by atoms with E-state index in [0.29, 0.717) is 19.4 Å². The molecule has 122 valence electrons. The Kier molecular flexibility index (Phi) is 7.72. The molecule has 0 radical (unpaired) electrons. The standard InChI is InChI=1S/C10H17NO4.C3H7NO2/c1-10(2,3)15-9(14)11-6-4-5-7(11)8(12)13;1-4(3-5)6-2/h7H,4-6H2,1-3H3,(H,12,13);3H,1-2H3/t7-;/m0./s1. The molecule has 0 bridgehead atoms. The van der Waals surface area contributed by atoms with Crippen LogP contribution in [0.1, 0.15) is 33.6 Å². The number of hydroxylamine groups is 2. The Hall–Kier alpha value is -1.83. The van der Waals surface area contributed by atoms with E-state index in [2.05, 4.69) is 4.84 Å². The topological polar surface area (TPSA) is 96.4 Å². The van der Waals surface area contributed by atoms with E-state index < -0.39 is 23.7 Å². The van der Waals surface area contributed by atoms with Crippen molar-refractivity contribution in [2.75, 3.05) is 20.7 Å². The van der Waals surface area contributed by atoms with Crippen molar-refractivity contribution in [1.29, 1.82) is 0 Å². The average molecular weight is 304 g/mol. The minimum absolute atomic E-state index is 0.464. The van der Waals surface area contributed by atoms with E-state index in [9.17, 15) is 14.4 Å². The van der Waals surface area contributed by atoms with Crippen LogP contribution in [0.15, 0.2) is 0 Å². The molecule has 21 heavy (non-hydrogen) atoms. The van der Waals surface area contributed by atoms with E-state index in [-0.39, 0.29) is 0 Å². The predicted molar refractivity (Wildman–Crippen MR) is 74.4 cm³/mol. The molecular formula is C13H24N2O6. The zero-order chi connectivity index (χ0) is 16.6. The summed E-state index contributed by atoms with van der Waals surface area (Å²) < 4.78 is 5.13. The molecule has 1 fully saturated rings. The molecule has 0 aromatic heterocycles. The zero-order valence-electron chi connectivity index (χ0n) is 13.2. The van der Waals surface area contributed by atoms with Gasteiger partial charge in [0.2, 0.25) is 6.41 Å². The van der Waals surface area contributed by atoms with Crippen molar-refractivity contribution in [3.05, 3.63) is 0 Å². The lowest BCUT2D eigenvalue weighted by Gasteiger charge is -2.26. The third kappa shape index (κ3) is 7.50. The van der Waals surface area contributed by atoms with Crippen molar-refractivity contribution in [1.82, 2.24) is 9.96 Å².